The number of fused-ring (bicyclic) bond motifs is 5. The Morgan fingerprint density at radius 1 is 0.710 bits per heavy atom. The molecule has 0 spiro atoms. The highest BCUT2D eigenvalue weighted by molar-refractivity contribution is 5.11. The Morgan fingerprint density at radius 3 is 2.06 bits per heavy atom. The molecule has 31 heavy (non-hydrogen) atoms. The van der Waals surface area contributed by atoms with E-state index in [1.807, 2.05) is 27.7 Å². The topological polar surface area (TPSA) is 0 Å². The van der Waals surface area contributed by atoms with Crippen LogP contribution in [0.15, 0.2) is 0 Å². The number of rotatable bonds is 5. The fourth-order valence-electron chi connectivity index (χ4n) is 9.14. The van der Waals surface area contributed by atoms with E-state index < -0.39 is 0 Å². The van der Waals surface area contributed by atoms with Crippen LogP contribution in [0.5, 0.6) is 0 Å². The summed E-state index contributed by atoms with van der Waals surface area (Å²) in [6, 6.07) is 0. The zero-order valence-corrected chi connectivity index (χ0v) is 23.3. The molecule has 0 aromatic carbocycles. The van der Waals surface area contributed by atoms with Gasteiger partial charge in [0, 0.05) is 0 Å². The third-order valence-corrected chi connectivity index (χ3v) is 11.1. The summed E-state index contributed by atoms with van der Waals surface area (Å²) in [6.07, 6.45) is 21.3. The Labute approximate surface area is 198 Å². The predicted molar refractivity (Wildman–Crippen MR) is 140 cm³/mol. The van der Waals surface area contributed by atoms with Gasteiger partial charge in [-0.2, -0.15) is 0 Å². The van der Waals surface area contributed by atoms with Gasteiger partial charge in [-0.3, -0.25) is 0 Å². The molecule has 4 rings (SSSR count). The van der Waals surface area contributed by atoms with Crippen LogP contribution in [0.25, 0.3) is 0 Å². The quantitative estimate of drug-likeness (QED) is 0.379. The fourth-order valence-corrected chi connectivity index (χ4v) is 9.14. The van der Waals surface area contributed by atoms with Crippen LogP contribution >= 0.6 is 0 Å². The normalized spacial score (nSPS) is 43.5. The molecule has 0 radical (unpaired) electrons. The van der Waals surface area contributed by atoms with Gasteiger partial charge in [-0.15, -0.1) is 0 Å². The standard InChI is InChI=1S/C27H48.2C2H6/c1-20(2)10-6-8-16-25(3)18-14-24-22-13-12-21-11-7-9-17-26(21,4)23(22)15-19-27(24,25)5;2*1-2/h20-24H,6-19H2,1-5H3;2*1-2H3. The minimum atomic E-state index is 0.629. The van der Waals surface area contributed by atoms with Gasteiger partial charge in [-0.05, 0) is 104 Å². The molecule has 4 aliphatic rings. The molecule has 0 amide bonds. The van der Waals surface area contributed by atoms with Crippen LogP contribution in [0.3, 0.4) is 0 Å². The van der Waals surface area contributed by atoms with E-state index in [-0.39, 0.29) is 0 Å². The molecule has 184 valence electrons. The second-order valence-corrected chi connectivity index (χ2v) is 12.6. The van der Waals surface area contributed by atoms with E-state index in [1.165, 1.54) is 44.9 Å². The van der Waals surface area contributed by atoms with Crippen LogP contribution in [-0.4, -0.2) is 0 Å². The van der Waals surface area contributed by atoms with Gasteiger partial charge in [0.05, 0.1) is 0 Å². The fraction of sp³-hybridized carbons (Fsp3) is 1.00. The van der Waals surface area contributed by atoms with Crippen molar-refractivity contribution in [3.05, 3.63) is 0 Å². The molecule has 4 aliphatic carbocycles. The van der Waals surface area contributed by atoms with E-state index in [0.29, 0.717) is 16.2 Å². The monoisotopic (exact) mass is 432 g/mol. The Balaban J connectivity index is 0.000000807. The van der Waals surface area contributed by atoms with E-state index in [9.17, 15) is 0 Å². The first-order chi connectivity index (χ1) is 14.8. The van der Waals surface area contributed by atoms with E-state index in [1.54, 1.807) is 44.9 Å². The number of hydrogen-bond donors (Lipinski definition) is 0. The zero-order chi connectivity index (χ0) is 23.3. The number of unbranched alkanes of at least 4 members (excludes halogenated alkanes) is 1. The van der Waals surface area contributed by atoms with Crippen LogP contribution in [0, 0.1) is 45.8 Å². The molecule has 0 bridgehead atoms. The first kappa shape index (κ1) is 27.2. The minimum Gasteiger partial charge on any atom is -0.0683 e. The lowest BCUT2D eigenvalue weighted by atomic mass is 9.43. The van der Waals surface area contributed by atoms with Crippen molar-refractivity contribution >= 4 is 0 Å². The second kappa shape index (κ2) is 11.4. The lowest BCUT2D eigenvalue weighted by Gasteiger charge is -2.61. The molecule has 7 atom stereocenters. The van der Waals surface area contributed by atoms with Crippen LogP contribution in [0.1, 0.15) is 152 Å². The van der Waals surface area contributed by atoms with Crippen molar-refractivity contribution in [3.63, 3.8) is 0 Å². The highest BCUT2D eigenvalue weighted by atomic mass is 14.7. The third kappa shape index (κ3) is 5.09. The van der Waals surface area contributed by atoms with Crippen molar-refractivity contribution in [1.29, 1.82) is 0 Å². The molecule has 0 aliphatic heterocycles. The van der Waals surface area contributed by atoms with Gasteiger partial charge in [-0.1, -0.05) is 94.4 Å². The molecular weight excluding hydrogens is 372 g/mol. The van der Waals surface area contributed by atoms with Crippen molar-refractivity contribution in [1.82, 2.24) is 0 Å². The van der Waals surface area contributed by atoms with Crippen molar-refractivity contribution < 1.29 is 0 Å². The summed E-state index contributed by atoms with van der Waals surface area (Å²) >= 11 is 0. The summed E-state index contributed by atoms with van der Waals surface area (Å²) in [6.45, 7) is 21.0. The summed E-state index contributed by atoms with van der Waals surface area (Å²) in [4.78, 5) is 0. The maximum atomic E-state index is 2.75. The first-order valence-corrected chi connectivity index (χ1v) is 14.8. The summed E-state index contributed by atoms with van der Waals surface area (Å²) in [5.74, 6) is 5.14. The predicted octanol–water partition coefficient (Wildman–Crippen LogP) is 10.7. The average molecular weight is 433 g/mol. The smallest absolute Gasteiger partial charge is 0.0241 e. The van der Waals surface area contributed by atoms with Crippen molar-refractivity contribution in [2.45, 2.75) is 152 Å². The SMILES string of the molecule is CC.CC.CC(C)CCCCC1(C)CCC2C3CCC4CCCCC4(C)C3CCC21C. The molecule has 0 heteroatoms. The van der Waals surface area contributed by atoms with Gasteiger partial charge < -0.3 is 0 Å². The van der Waals surface area contributed by atoms with E-state index >= 15 is 0 Å². The van der Waals surface area contributed by atoms with Crippen LogP contribution in [0.4, 0.5) is 0 Å². The van der Waals surface area contributed by atoms with Gasteiger partial charge in [-0.25, -0.2) is 0 Å². The van der Waals surface area contributed by atoms with Gasteiger partial charge in [0.15, 0.2) is 0 Å². The Morgan fingerprint density at radius 2 is 1.39 bits per heavy atom. The molecule has 7 unspecified atom stereocenters. The molecule has 0 nitrogen and oxygen atoms in total. The van der Waals surface area contributed by atoms with Crippen molar-refractivity contribution in [2.75, 3.05) is 0 Å². The van der Waals surface area contributed by atoms with Gasteiger partial charge in [0.1, 0.15) is 0 Å². The van der Waals surface area contributed by atoms with Crippen molar-refractivity contribution in [3.8, 4) is 0 Å². The summed E-state index contributed by atoms with van der Waals surface area (Å²) in [7, 11) is 0. The highest BCUT2D eigenvalue weighted by Crippen LogP contribution is 2.71. The highest BCUT2D eigenvalue weighted by Gasteiger charge is 2.62. The first-order valence-electron chi connectivity index (χ1n) is 14.8. The lowest BCUT2D eigenvalue weighted by molar-refractivity contribution is -0.124. The van der Waals surface area contributed by atoms with Crippen molar-refractivity contribution in [2.24, 2.45) is 45.8 Å². The zero-order valence-electron chi connectivity index (χ0n) is 23.3. The molecule has 4 saturated carbocycles. The minimum absolute atomic E-state index is 0.629. The summed E-state index contributed by atoms with van der Waals surface area (Å²) in [5, 5.41) is 0. The Hall–Kier alpha value is 0. The van der Waals surface area contributed by atoms with Crippen LogP contribution in [-0.2, 0) is 0 Å². The maximum absolute atomic E-state index is 2.75. The largest absolute Gasteiger partial charge is 0.0683 e. The molecule has 0 saturated heterocycles. The summed E-state index contributed by atoms with van der Waals surface area (Å²) in [5.41, 5.74) is 1.98. The summed E-state index contributed by atoms with van der Waals surface area (Å²) < 4.78 is 0. The average Bonchev–Trinajstić information content (AvgIpc) is 3.04. The molecule has 0 aromatic heterocycles. The van der Waals surface area contributed by atoms with Crippen LogP contribution in [0.2, 0.25) is 0 Å². The molecule has 0 N–H and O–H groups in total. The van der Waals surface area contributed by atoms with Gasteiger partial charge >= 0.3 is 0 Å². The third-order valence-electron chi connectivity index (χ3n) is 11.1. The maximum Gasteiger partial charge on any atom is -0.0241 e. The van der Waals surface area contributed by atoms with E-state index in [4.69, 9.17) is 0 Å². The number of hydrogen-bond acceptors (Lipinski definition) is 0. The molecule has 0 aromatic rings. The Kier molecular flexibility index (Phi) is 10.0. The van der Waals surface area contributed by atoms with Gasteiger partial charge in [0.25, 0.3) is 0 Å². The van der Waals surface area contributed by atoms with E-state index in [0.717, 1.165) is 29.6 Å². The molecular formula is C31H60. The molecule has 4 fully saturated rings. The molecule has 0 heterocycles. The Bertz CT molecular complexity index is 520. The lowest BCUT2D eigenvalue weighted by Crippen LogP contribution is -2.54. The van der Waals surface area contributed by atoms with Crippen LogP contribution < -0.4 is 0 Å². The second-order valence-electron chi connectivity index (χ2n) is 12.6. The van der Waals surface area contributed by atoms with Gasteiger partial charge in [0.2, 0.25) is 0 Å². The van der Waals surface area contributed by atoms with E-state index in [2.05, 4.69) is 34.6 Å².